The van der Waals surface area contributed by atoms with Gasteiger partial charge in [-0.05, 0) is 24.0 Å². The van der Waals surface area contributed by atoms with Crippen molar-refractivity contribution in [2.24, 2.45) is 5.92 Å². The van der Waals surface area contributed by atoms with Crippen LogP contribution in [0.3, 0.4) is 0 Å². The summed E-state index contributed by atoms with van der Waals surface area (Å²) in [6, 6.07) is 15.9. The molecule has 0 spiro atoms. The van der Waals surface area contributed by atoms with Gasteiger partial charge in [-0.1, -0.05) is 80.1 Å². The molecule has 4 rings (SSSR count). The van der Waals surface area contributed by atoms with E-state index in [1.807, 2.05) is 75.4 Å². The second-order valence-electron chi connectivity index (χ2n) is 9.83. The highest BCUT2D eigenvalue weighted by atomic mass is 16.2. The molecule has 0 aliphatic carbocycles. The fourth-order valence-corrected chi connectivity index (χ4v) is 4.70. The van der Waals surface area contributed by atoms with E-state index < -0.39 is 12.1 Å². The molecular weight excluding hydrogens is 452 g/mol. The van der Waals surface area contributed by atoms with Gasteiger partial charge in [0.1, 0.15) is 6.04 Å². The van der Waals surface area contributed by atoms with Gasteiger partial charge in [0.25, 0.3) is 5.91 Å². The summed E-state index contributed by atoms with van der Waals surface area (Å²) in [6.07, 6.45) is 2.02. The molecular formula is C29H34N4O3. The number of carbonyl (C=O) groups is 3. The first-order chi connectivity index (χ1) is 17.3. The maximum atomic E-state index is 14.0. The maximum Gasteiger partial charge on any atom is 0.322 e. The monoisotopic (exact) mass is 486 g/mol. The van der Waals surface area contributed by atoms with Gasteiger partial charge >= 0.3 is 6.03 Å². The number of benzene rings is 2. The van der Waals surface area contributed by atoms with Gasteiger partial charge in [0, 0.05) is 19.5 Å². The highest BCUT2D eigenvalue weighted by Crippen LogP contribution is 2.37. The first-order valence-corrected chi connectivity index (χ1v) is 12.4. The van der Waals surface area contributed by atoms with Gasteiger partial charge in [-0.15, -0.1) is 6.58 Å². The lowest BCUT2D eigenvalue weighted by Crippen LogP contribution is -2.50. The number of hydrogen-bond acceptors (Lipinski definition) is 3. The maximum absolute atomic E-state index is 14.0. The molecule has 36 heavy (non-hydrogen) atoms. The summed E-state index contributed by atoms with van der Waals surface area (Å²) in [5.74, 6) is -0.143. The third-order valence-electron chi connectivity index (χ3n) is 6.61. The zero-order chi connectivity index (χ0) is 25.8. The predicted octanol–water partition coefficient (Wildman–Crippen LogP) is 3.73. The molecule has 0 unspecified atom stereocenters. The molecule has 2 atom stereocenters. The van der Waals surface area contributed by atoms with E-state index in [4.69, 9.17) is 0 Å². The molecule has 2 aromatic rings. The summed E-state index contributed by atoms with van der Waals surface area (Å²) in [5, 5.41) is 6.01. The van der Waals surface area contributed by atoms with Crippen molar-refractivity contribution in [2.45, 2.75) is 39.3 Å². The Balaban J connectivity index is 1.71. The number of amides is 4. The predicted molar refractivity (Wildman–Crippen MR) is 140 cm³/mol. The Bertz CT molecular complexity index is 1170. The summed E-state index contributed by atoms with van der Waals surface area (Å²) in [4.78, 5) is 43.7. The molecule has 7 heteroatoms. The minimum atomic E-state index is -0.705. The Kier molecular flexibility index (Phi) is 7.58. The summed E-state index contributed by atoms with van der Waals surface area (Å²) in [6.45, 7) is 10.8. The minimum Gasteiger partial charge on any atom is -0.354 e. The van der Waals surface area contributed by atoms with Crippen LogP contribution in [-0.4, -0.2) is 53.3 Å². The van der Waals surface area contributed by atoms with Crippen LogP contribution in [0.2, 0.25) is 0 Å². The van der Waals surface area contributed by atoms with Crippen molar-refractivity contribution in [3.05, 3.63) is 95.2 Å². The summed E-state index contributed by atoms with van der Waals surface area (Å²) < 4.78 is 0. The lowest BCUT2D eigenvalue weighted by atomic mass is 9.94. The molecule has 2 aliphatic heterocycles. The molecule has 7 nitrogen and oxygen atoms in total. The molecule has 0 bridgehead atoms. The van der Waals surface area contributed by atoms with Crippen LogP contribution in [0.1, 0.15) is 36.6 Å². The lowest BCUT2D eigenvalue weighted by Gasteiger charge is -2.33. The highest BCUT2D eigenvalue weighted by molar-refractivity contribution is 6.03. The SMILES string of the molecule is C=CCN1C(=O)N[C@@H](c2ccc(C)cc2)C2=C1CN([C@@H](Cc1ccccc1)C(=O)NCC(C)C)C2=O. The number of carbonyl (C=O) groups excluding carboxylic acids is 3. The van der Waals surface area contributed by atoms with E-state index in [-0.39, 0.29) is 36.9 Å². The highest BCUT2D eigenvalue weighted by Gasteiger charge is 2.46. The van der Waals surface area contributed by atoms with Crippen molar-refractivity contribution >= 4 is 17.8 Å². The molecule has 0 saturated carbocycles. The zero-order valence-electron chi connectivity index (χ0n) is 21.2. The Morgan fingerprint density at radius 1 is 1.14 bits per heavy atom. The van der Waals surface area contributed by atoms with Gasteiger partial charge in [0.05, 0.1) is 23.9 Å². The fourth-order valence-electron chi connectivity index (χ4n) is 4.70. The van der Waals surface area contributed by atoms with E-state index in [9.17, 15) is 14.4 Å². The van der Waals surface area contributed by atoms with E-state index in [2.05, 4.69) is 17.2 Å². The molecule has 4 amide bonds. The van der Waals surface area contributed by atoms with Crippen LogP contribution >= 0.6 is 0 Å². The largest absolute Gasteiger partial charge is 0.354 e. The molecule has 0 fully saturated rings. The normalized spacial score (nSPS) is 18.3. The molecule has 2 aromatic carbocycles. The molecule has 188 valence electrons. The van der Waals surface area contributed by atoms with Crippen LogP contribution < -0.4 is 10.6 Å². The first-order valence-electron chi connectivity index (χ1n) is 12.4. The average molecular weight is 487 g/mol. The molecule has 2 heterocycles. The Morgan fingerprint density at radius 2 is 1.83 bits per heavy atom. The standard InChI is InChI=1S/C29H34N4O3/c1-5-15-32-24-18-33(23(27(34)30-17-19(2)3)16-21-9-7-6-8-10-21)28(35)25(24)26(31-29(32)36)22-13-11-20(4)12-14-22/h5-14,19,23,26H,1,15-18H2,2-4H3,(H,30,34)(H,31,36)/t23-,26-/m0/s1. The third kappa shape index (κ3) is 5.20. The van der Waals surface area contributed by atoms with Crippen LogP contribution in [0, 0.1) is 12.8 Å². The average Bonchev–Trinajstić information content (AvgIpc) is 3.20. The Labute approximate surface area is 212 Å². The number of urea groups is 1. The quantitative estimate of drug-likeness (QED) is 0.530. The Hall–Kier alpha value is -3.87. The van der Waals surface area contributed by atoms with E-state index >= 15 is 0 Å². The van der Waals surface area contributed by atoms with Crippen LogP contribution in [-0.2, 0) is 16.0 Å². The molecule has 0 saturated heterocycles. The zero-order valence-corrected chi connectivity index (χ0v) is 21.2. The smallest absolute Gasteiger partial charge is 0.322 e. The van der Waals surface area contributed by atoms with Crippen LogP contribution in [0.5, 0.6) is 0 Å². The van der Waals surface area contributed by atoms with E-state index in [1.165, 1.54) is 0 Å². The van der Waals surface area contributed by atoms with Crippen molar-refractivity contribution in [1.82, 2.24) is 20.4 Å². The number of nitrogens with one attached hydrogen (secondary N) is 2. The molecule has 0 radical (unpaired) electrons. The van der Waals surface area contributed by atoms with Crippen LogP contribution in [0.4, 0.5) is 4.79 Å². The molecule has 2 N–H and O–H groups in total. The topological polar surface area (TPSA) is 81.8 Å². The van der Waals surface area contributed by atoms with Crippen molar-refractivity contribution in [1.29, 1.82) is 0 Å². The molecule has 2 aliphatic rings. The van der Waals surface area contributed by atoms with Crippen LogP contribution in [0.25, 0.3) is 0 Å². The van der Waals surface area contributed by atoms with Crippen molar-refractivity contribution in [3.8, 4) is 0 Å². The van der Waals surface area contributed by atoms with Gasteiger partial charge in [-0.25, -0.2) is 4.79 Å². The van der Waals surface area contributed by atoms with Gasteiger partial charge < -0.3 is 15.5 Å². The molecule has 0 aromatic heterocycles. The number of hydrogen-bond donors (Lipinski definition) is 2. The van der Waals surface area contributed by atoms with E-state index in [1.54, 1.807) is 15.9 Å². The second-order valence-corrected chi connectivity index (χ2v) is 9.83. The lowest BCUT2D eigenvalue weighted by molar-refractivity contribution is -0.136. The van der Waals surface area contributed by atoms with Crippen molar-refractivity contribution < 1.29 is 14.4 Å². The Morgan fingerprint density at radius 3 is 2.47 bits per heavy atom. The van der Waals surface area contributed by atoms with Gasteiger partial charge in [-0.3, -0.25) is 14.5 Å². The minimum absolute atomic E-state index is 0.185. The van der Waals surface area contributed by atoms with Crippen molar-refractivity contribution in [3.63, 3.8) is 0 Å². The summed E-state index contributed by atoms with van der Waals surface area (Å²) in [7, 11) is 0. The van der Waals surface area contributed by atoms with Crippen molar-refractivity contribution in [2.75, 3.05) is 19.6 Å². The van der Waals surface area contributed by atoms with E-state index in [0.717, 1.165) is 16.7 Å². The number of rotatable bonds is 9. The third-order valence-corrected chi connectivity index (χ3v) is 6.61. The number of aryl methyl sites for hydroxylation is 1. The van der Waals surface area contributed by atoms with E-state index in [0.29, 0.717) is 24.2 Å². The van der Waals surface area contributed by atoms with Crippen LogP contribution in [0.15, 0.2) is 78.5 Å². The second kappa shape index (κ2) is 10.8. The summed E-state index contributed by atoms with van der Waals surface area (Å²) >= 11 is 0. The first kappa shape index (κ1) is 25.2. The van der Waals surface area contributed by atoms with Gasteiger partial charge in [0.2, 0.25) is 5.91 Å². The van der Waals surface area contributed by atoms with Gasteiger partial charge in [-0.2, -0.15) is 0 Å². The summed E-state index contributed by atoms with van der Waals surface area (Å²) in [5.41, 5.74) is 4.03. The fraction of sp³-hybridized carbons (Fsp3) is 0.345. The number of nitrogens with zero attached hydrogens (tertiary/aromatic N) is 2. The van der Waals surface area contributed by atoms with Gasteiger partial charge in [0.15, 0.2) is 0 Å².